The number of rotatable bonds is 5. The maximum atomic E-state index is 12.2. The predicted octanol–water partition coefficient (Wildman–Crippen LogP) is 4.07. The summed E-state index contributed by atoms with van der Waals surface area (Å²) < 4.78 is 0. The van der Waals surface area contributed by atoms with Crippen LogP contribution in [0.1, 0.15) is 0 Å². The molecule has 28 heavy (non-hydrogen) atoms. The van der Waals surface area contributed by atoms with Gasteiger partial charge in [-0.15, -0.1) is 0 Å². The molecule has 3 N–H and O–H groups in total. The lowest BCUT2D eigenvalue weighted by atomic mass is 10.2. The van der Waals surface area contributed by atoms with E-state index in [1.807, 2.05) is 73.6 Å². The van der Waals surface area contributed by atoms with E-state index in [0.717, 1.165) is 17.1 Å². The Morgan fingerprint density at radius 3 is 1.82 bits per heavy atom. The molecule has 0 spiro atoms. The first-order valence-electron chi connectivity index (χ1n) is 8.83. The van der Waals surface area contributed by atoms with Gasteiger partial charge in [-0.3, -0.25) is 9.59 Å². The molecule has 0 aliphatic heterocycles. The molecular weight excluding hydrogens is 352 g/mol. The van der Waals surface area contributed by atoms with Crippen LogP contribution in [0.25, 0.3) is 0 Å². The van der Waals surface area contributed by atoms with Crippen LogP contribution in [0.15, 0.2) is 78.9 Å². The Hall–Kier alpha value is -3.80. The maximum Gasteiger partial charge on any atom is 0.314 e. The van der Waals surface area contributed by atoms with Crippen molar-refractivity contribution >= 4 is 40.3 Å². The number of amides is 2. The lowest BCUT2D eigenvalue weighted by molar-refractivity contribution is -0.132. The molecule has 0 atom stereocenters. The number of benzene rings is 3. The van der Waals surface area contributed by atoms with Crippen molar-refractivity contribution in [3.8, 4) is 0 Å². The van der Waals surface area contributed by atoms with Crippen molar-refractivity contribution in [3.05, 3.63) is 78.9 Å². The molecule has 6 heteroatoms. The highest BCUT2D eigenvalue weighted by Crippen LogP contribution is 2.19. The monoisotopic (exact) mass is 374 g/mol. The molecule has 2 amide bonds. The number of nitrogens with zero attached hydrogens (tertiary/aromatic N) is 1. The molecule has 0 aromatic heterocycles. The van der Waals surface area contributed by atoms with Crippen molar-refractivity contribution in [1.82, 2.24) is 0 Å². The molecular formula is C22H22N4O2. The van der Waals surface area contributed by atoms with Crippen molar-refractivity contribution in [3.63, 3.8) is 0 Å². The van der Waals surface area contributed by atoms with Gasteiger partial charge in [-0.1, -0.05) is 24.3 Å². The van der Waals surface area contributed by atoms with Crippen LogP contribution in [0.3, 0.4) is 0 Å². The van der Waals surface area contributed by atoms with Crippen LogP contribution >= 0.6 is 0 Å². The smallest absolute Gasteiger partial charge is 0.314 e. The molecule has 0 bridgehead atoms. The molecule has 0 heterocycles. The van der Waals surface area contributed by atoms with Crippen LogP contribution in [0.5, 0.6) is 0 Å². The Morgan fingerprint density at radius 1 is 0.643 bits per heavy atom. The van der Waals surface area contributed by atoms with Gasteiger partial charge in [0.05, 0.1) is 0 Å². The zero-order chi connectivity index (χ0) is 19.9. The average Bonchev–Trinajstić information content (AvgIpc) is 2.70. The molecule has 0 unspecified atom stereocenters. The van der Waals surface area contributed by atoms with Gasteiger partial charge in [0.15, 0.2) is 0 Å². The molecule has 0 saturated carbocycles. The molecule has 0 aliphatic rings. The predicted molar refractivity (Wildman–Crippen MR) is 114 cm³/mol. The molecule has 3 aromatic carbocycles. The lowest BCUT2D eigenvalue weighted by Crippen LogP contribution is -2.29. The number of anilines is 5. The topological polar surface area (TPSA) is 73.5 Å². The highest BCUT2D eigenvalue weighted by Gasteiger charge is 2.14. The highest BCUT2D eigenvalue weighted by molar-refractivity contribution is 6.43. The summed E-state index contributed by atoms with van der Waals surface area (Å²) in [5.41, 5.74) is 3.89. The van der Waals surface area contributed by atoms with E-state index in [-0.39, 0.29) is 0 Å². The zero-order valence-corrected chi connectivity index (χ0v) is 15.8. The van der Waals surface area contributed by atoms with E-state index >= 15 is 0 Å². The largest absolute Gasteiger partial charge is 0.378 e. The Labute approximate surface area is 164 Å². The van der Waals surface area contributed by atoms with Gasteiger partial charge in [-0.25, -0.2) is 0 Å². The van der Waals surface area contributed by atoms with E-state index in [9.17, 15) is 9.59 Å². The molecule has 0 radical (unpaired) electrons. The second-order valence-corrected chi connectivity index (χ2v) is 6.42. The summed E-state index contributed by atoms with van der Waals surface area (Å²) in [5, 5.41) is 8.47. The number of hydrogen-bond donors (Lipinski definition) is 3. The number of carbonyl (C=O) groups excluding carboxylic acids is 2. The summed E-state index contributed by atoms with van der Waals surface area (Å²) in [6.07, 6.45) is 0. The number of carbonyl (C=O) groups is 2. The van der Waals surface area contributed by atoms with Crippen LogP contribution in [-0.2, 0) is 9.59 Å². The minimum absolute atomic E-state index is 0.542. The summed E-state index contributed by atoms with van der Waals surface area (Å²) in [6, 6.07) is 24.2. The van der Waals surface area contributed by atoms with Gasteiger partial charge in [0.2, 0.25) is 0 Å². The number of hydrogen-bond acceptors (Lipinski definition) is 4. The van der Waals surface area contributed by atoms with E-state index in [4.69, 9.17) is 0 Å². The van der Waals surface area contributed by atoms with Crippen LogP contribution in [0, 0.1) is 0 Å². The van der Waals surface area contributed by atoms with Crippen LogP contribution in [0.2, 0.25) is 0 Å². The first-order valence-corrected chi connectivity index (χ1v) is 8.83. The second kappa shape index (κ2) is 8.73. The average molecular weight is 374 g/mol. The van der Waals surface area contributed by atoms with Crippen LogP contribution in [-0.4, -0.2) is 25.9 Å². The van der Waals surface area contributed by atoms with Crippen molar-refractivity contribution < 1.29 is 9.59 Å². The van der Waals surface area contributed by atoms with Gasteiger partial charge in [0.1, 0.15) is 0 Å². The minimum atomic E-state index is -0.723. The maximum absolute atomic E-state index is 12.2. The first-order chi connectivity index (χ1) is 13.5. The summed E-state index contributed by atoms with van der Waals surface area (Å²) in [6.45, 7) is 0. The van der Waals surface area contributed by atoms with Gasteiger partial charge in [-0.2, -0.15) is 0 Å². The number of para-hydroxylation sites is 1. The van der Waals surface area contributed by atoms with Crippen LogP contribution in [0.4, 0.5) is 28.4 Å². The molecule has 0 fully saturated rings. The first kappa shape index (κ1) is 19.0. The van der Waals surface area contributed by atoms with Gasteiger partial charge in [0.25, 0.3) is 0 Å². The third-order valence-corrected chi connectivity index (χ3v) is 4.03. The fourth-order valence-corrected chi connectivity index (χ4v) is 2.56. The Morgan fingerprint density at radius 2 is 1.18 bits per heavy atom. The molecule has 0 aliphatic carbocycles. The summed E-state index contributed by atoms with van der Waals surface area (Å²) in [7, 11) is 3.81. The number of nitrogens with one attached hydrogen (secondary N) is 3. The van der Waals surface area contributed by atoms with Crippen molar-refractivity contribution in [2.24, 2.45) is 0 Å². The van der Waals surface area contributed by atoms with Gasteiger partial charge >= 0.3 is 11.8 Å². The molecule has 6 nitrogen and oxygen atoms in total. The SMILES string of the molecule is CN(C)c1cccc(NC(=O)C(=O)Nc2ccc(Nc3ccccc3)cc2)c1. The van der Waals surface area contributed by atoms with Crippen molar-refractivity contribution in [2.45, 2.75) is 0 Å². The molecule has 3 rings (SSSR count). The molecule has 3 aromatic rings. The fraction of sp³-hybridized carbons (Fsp3) is 0.0909. The Balaban J connectivity index is 1.58. The van der Waals surface area contributed by atoms with E-state index in [1.165, 1.54) is 0 Å². The summed E-state index contributed by atoms with van der Waals surface area (Å²) >= 11 is 0. The third-order valence-electron chi connectivity index (χ3n) is 4.03. The van der Waals surface area contributed by atoms with Crippen LogP contribution < -0.4 is 20.9 Å². The quantitative estimate of drug-likeness (QED) is 0.589. The second-order valence-electron chi connectivity index (χ2n) is 6.42. The van der Waals surface area contributed by atoms with E-state index in [2.05, 4.69) is 16.0 Å². The van der Waals surface area contributed by atoms with E-state index < -0.39 is 11.8 Å². The van der Waals surface area contributed by atoms with Crippen molar-refractivity contribution in [1.29, 1.82) is 0 Å². The third kappa shape index (κ3) is 5.11. The van der Waals surface area contributed by atoms with Crippen molar-refractivity contribution in [2.75, 3.05) is 34.9 Å². The van der Waals surface area contributed by atoms with Gasteiger partial charge < -0.3 is 20.9 Å². The molecule has 0 saturated heterocycles. The fourth-order valence-electron chi connectivity index (χ4n) is 2.56. The Bertz CT molecular complexity index is 954. The normalized spacial score (nSPS) is 10.1. The lowest BCUT2D eigenvalue weighted by Gasteiger charge is -2.14. The van der Waals surface area contributed by atoms with Gasteiger partial charge in [0, 0.05) is 42.5 Å². The van der Waals surface area contributed by atoms with E-state index in [0.29, 0.717) is 11.4 Å². The zero-order valence-electron chi connectivity index (χ0n) is 15.8. The standard InChI is InChI=1S/C22H22N4O2/c1-26(2)20-10-6-9-19(15-20)25-22(28)21(27)24-18-13-11-17(12-14-18)23-16-7-4-3-5-8-16/h3-15,23H,1-2H3,(H,24,27)(H,25,28). The summed E-state index contributed by atoms with van der Waals surface area (Å²) in [5.74, 6) is -1.44. The molecule has 142 valence electrons. The van der Waals surface area contributed by atoms with E-state index in [1.54, 1.807) is 24.3 Å². The minimum Gasteiger partial charge on any atom is -0.378 e. The van der Waals surface area contributed by atoms with Gasteiger partial charge in [-0.05, 0) is 54.6 Å². The highest BCUT2D eigenvalue weighted by atomic mass is 16.2. The Kier molecular flexibility index (Phi) is 5.91. The summed E-state index contributed by atoms with van der Waals surface area (Å²) in [4.78, 5) is 26.2.